The van der Waals surface area contributed by atoms with Crippen molar-refractivity contribution in [3.63, 3.8) is 0 Å². The number of hydrogen-bond acceptors (Lipinski definition) is 3. The predicted molar refractivity (Wildman–Crippen MR) is 89.0 cm³/mol. The summed E-state index contributed by atoms with van der Waals surface area (Å²) < 4.78 is 0. The molecule has 3 nitrogen and oxygen atoms in total. The van der Waals surface area contributed by atoms with E-state index < -0.39 is 0 Å². The molecule has 0 unspecified atom stereocenters. The highest BCUT2D eigenvalue weighted by Gasteiger charge is 2.06. The molecule has 2 N–H and O–H groups in total. The molecule has 0 atom stereocenters. The van der Waals surface area contributed by atoms with Crippen molar-refractivity contribution in [2.45, 2.75) is 6.61 Å². The molecule has 0 heterocycles. The maximum Gasteiger partial charge on any atom is 0.109 e. The summed E-state index contributed by atoms with van der Waals surface area (Å²) in [5.74, 6) is 0. The van der Waals surface area contributed by atoms with Crippen molar-refractivity contribution < 1.29 is 10.1 Å². The molecule has 0 aliphatic rings. The fraction of sp³-hybridized carbons (Fsp3) is 0.0526. The van der Waals surface area contributed by atoms with Crippen LogP contribution >= 0.6 is 0 Å². The molecule has 3 aromatic carbocycles. The Kier molecular flexibility index (Phi) is 4.49. The molecule has 3 heteroatoms. The second-order valence-electron chi connectivity index (χ2n) is 5.00. The lowest BCUT2D eigenvalue weighted by molar-refractivity contribution is -0.252. The first kappa shape index (κ1) is 14.3. The molecule has 22 heavy (non-hydrogen) atoms. The molecule has 3 rings (SSSR count). The molecule has 0 bridgehead atoms. The number of rotatable bonds is 5. The van der Waals surface area contributed by atoms with Gasteiger partial charge in [0.1, 0.15) is 6.61 Å². The van der Waals surface area contributed by atoms with E-state index in [0.717, 1.165) is 28.1 Å². The van der Waals surface area contributed by atoms with E-state index >= 15 is 0 Å². The van der Waals surface area contributed by atoms with Gasteiger partial charge in [-0.1, -0.05) is 60.7 Å². The van der Waals surface area contributed by atoms with E-state index in [9.17, 15) is 0 Å². The minimum atomic E-state index is 0.143. The summed E-state index contributed by atoms with van der Waals surface area (Å²) in [6, 6.07) is 26.2. The SMILES string of the molecule is OOCc1ccc(-c2ccccc2)cc1Nc1ccccc1. The van der Waals surface area contributed by atoms with Crippen molar-refractivity contribution in [3.05, 3.63) is 84.4 Å². The van der Waals surface area contributed by atoms with Crippen LogP contribution in [0.2, 0.25) is 0 Å². The fourth-order valence-corrected chi connectivity index (χ4v) is 2.38. The third-order valence-corrected chi connectivity index (χ3v) is 3.49. The quantitative estimate of drug-likeness (QED) is 0.508. The van der Waals surface area contributed by atoms with E-state index in [4.69, 9.17) is 5.26 Å². The Morgan fingerprint density at radius 3 is 2.14 bits per heavy atom. The number of benzene rings is 3. The molecule has 0 radical (unpaired) electrons. The zero-order valence-corrected chi connectivity index (χ0v) is 12.1. The van der Waals surface area contributed by atoms with E-state index in [-0.39, 0.29) is 6.61 Å². The minimum absolute atomic E-state index is 0.143. The van der Waals surface area contributed by atoms with Crippen molar-refractivity contribution in [2.75, 3.05) is 5.32 Å². The first-order valence-corrected chi connectivity index (χ1v) is 7.13. The third-order valence-electron chi connectivity index (χ3n) is 3.49. The van der Waals surface area contributed by atoms with Gasteiger partial charge in [0.15, 0.2) is 0 Å². The molecular weight excluding hydrogens is 274 g/mol. The van der Waals surface area contributed by atoms with Crippen LogP contribution in [0, 0.1) is 0 Å². The molecule has 110 valence electrons. The number of anilines is 2. The van der Waals surface area contributed by atoms with Crippen LogP contribution < -0.4 is 5.32 Å². The van der Waals surface area contributed by atoms with Gasteiger partial charge in [-0.05, 0) is 29.3 Å². The Labute approximate surface area is 129 Å². The summed E-state index contributed by atoms with van der Waals surface area (Å²) in [7, 11) is 0. The zero-order valence-electron chi connectivity index (χ0n) is 12.1. The number of para-hydroxylation sites is 1. The third kappa shape index (κ3) is 3.34. The van der Waals surface area contributed by atoms with E-state index in [1.165, 1.54) is 0 Å². The molecule has 0 saturated carbocycles. The summed E-state index contributed by atoms with van der Waals surface area (Å²) in [4.78, 5) is 4.31. The first-order valence-electron chi connectivity index (χ1n) is 7.13. The molecule has 0 spiro atoms. The summed E-state index contributed by atoms with van der Waals surface area (Å²) >= 11 is 0. The highest BCUT2D eigenvalue weighted by molar-refractivity contribution is 5.73. The van der Waals surface area contributed by atoms with Crippen molar-refractivity contribution in [1.29, 1.82) is 0 Å². The highest BCUT2D eigenvalue weighted by atomic mass is 17.1. The minimum Gasteiger partial charge on any atom is -0.355 e. The van der Waals surface area contributed by atoms with Crippen LogP contribution in [0.3, 0.4) is 0 Å². The fourth-order valence-electron chi connectivity index (χ4n) is 2.38. The second kappa shape index (κ2) is 6.89. The largest absolute Gasteiger partial charge is 0.355 e. The molecule has 0 aliphatic heterocycles. The average molecular weight is 291 g/mol. The van der Waals surface area contributed by atoms with Crippen LogP contribution in [0.1, 0.15) is 5.56 Å². The average Bonchev–Trinajstić information content (AvgIpc) is 2.58. The van der Waals surface area contributed by atoms with E-state index in [1.807, 2.05) is 60.7 Å². The van der Waals surface area contributed by atoms with Gasteiger partial charge in [0.2, 0.25) is 0 Å². The topological polar surface area (TPSA) is 41.5 Å². The van der Waals surface area contributed by atoms with Crippen molar-refractivity contribution in [1.82, 2.24) is 0 Å². The van der Waals surface area contributed by atoms with Gasteiger partial charge in [-0.25, -0.2) is 4.89 Å². The van der Waals surface area contributed by atoms with Crippen molar-refractivity contribution >= 4 is 11.4 Å². The summed E-state index contributed by atoms with van der Waals surface area (Å²) in [5, 5.41) is 12.1. The van der Waals surface area contributed by atoms with Gasteiger partial charge in [0, 0.05) is 16.9 Å². The zero-order chi connectivity index (χ0) is 15.2. The summed E-state index contributed by atoms with van der Waals surface area (Å²) in [6.07, 6.45) is 0. The number of nitrogens with one attached hydrogen (secondary N) is 1. The van der Waals surface area contributed by atoms with Crippen molar-refractivity contribution in [2.24, 2.45) is 0 Å². The standard InChI is InChI=1S/C19H17NO2/c21-22-14-17-12-11-16(15-7-3-1-4-8-15)13-19(17)20-18-9-5-2-6-10-18/h1-13,20-21H,14H2. The lowest BCUT2D eigenvalue weighted by atomic mass is 10.0. The predicted octanol–water partition coefficient (Wildman–Crippen LogP) is 5.09. The van der Waals surface area contributed by atoms with E-state index in [2.05, 4.69) is 28.4 Å². The van der Waals surface area contributed by atoms with Crippen LogP contribution in [-0.2, 0) is 11.5 Å². The lowest BCUT2D eigenvalue weighted by Gasteiger charge is -2.13. The molecule has 0 aromatic heterocycles. The molecule has 0 aliphatic carbocycles. The smallest absolute Gasteiger partial charge is 0.109 e. The summed E-state index contributed by atoms with van der Waals surface area (Å²) in [5.41, 5.74) is 5.07. The van der Waals surface area contributed by atoms with Crippen LogP contribution in [0.25, 0.3) is 11.1 Å². The van der Waals surface area contributed by atoms with Gasteiger partial charge in [-0.15, -0.1) is 0 Å². The van der Waals surface area contributed by atoms with Gasteiger partial charge in [0.05, 0.1) is 0 Å². The maximum absolute atomic E-state index is 8.77. The van der Waals surface area contributed by atoms with E-state index in [1.54, 1.807) is 0 Å². The van der Waals surface area contributed by atoms with Gasteiger partial charge < -0.3 is 5.32 Å². The summed E-state index contributed by atoms with van der Waals surface area (Å²) in [6.45, 7) is 0.143. The second-order valence-corrected chi connectivity index (χ2v) is 5.00. The van der Waals surface area contributed by atoms with Crippen molar-refractivity contribution in [3.8, 4) is 11.1 Å². The van der Waals surface area contributed by atoms with Gasteiger partial charge in [-0.3, -0.25) is 5.26 Å². The molecule has 0 fully saturated rings. The van der Waals surface area contributed by atoms with Gasteiger partial charge in [-0.2, -0.15) is 0 Å². The molecular formula is C19H17NO2. The monoisotopic (exact) mass is 291 g/mol. The van der Waals surface area contributed by atoms with Gasteiger partial charge in [0.25, 0.3) is 0 Å². The highest BCUT2D eigenvalue weighted by Crippen LogP contribution is 2.28. The van der Waals surface area contributed by atoms with E-state index in [0.29, 0.717) is 0 Å². The van der Waals surface area contributed by atoms with Crippen LogP contribution in [-0.4, -0.2) is 5.26 Å². The Hall–Kier alpha value is -2.62. The Balaban J connectivity index is 1.97. The Morgan fingerprint density at radius 1 is 0.773 bits per heavy atom. The van der Waals surface area contributed by atoms with Crippen LogP contribution in [0.5, 0.6) is 0 Å². The van der Waals surface area contributed by atoms with Crippen LogP contribution in [0.4, 0.5) is 11.4 Å². The first-order chi connectivity index (χ1) is 10.9. The molecule has 0 amide bonds. The van der Waals surface area contributed by atoms with Gasteiger partial charge >= 0.3 is 0 Å². The lowest BCUT2D eigenvalue weighted by Crippen LogP contribution is -1.98. The normalized spacial score (nSPS) is 10.4. The molecule has 0 saturated heterocycles. The maximum atomic E-state index is 8.77. The Bertz CT molecular complexity index is 727. The molecule has 3 aromatic rings. The number of hydrogen-bond donors (Lipinski definition) is 2. The Morgan fingerprint density at radius 2 is 1.45 bits per heavy atom. The van der Waals surface area contributed by atoms with Crippen LogP contribution in [0.15, 0.2) is 78.9 Å².